The molecule has 1 amide bonds. The van der Waals surface area contributed by atoms with E-state index in [1.165, 1.54) is 11.8 Å². The number of aromatic nitrogens is 3. The second-order valence-electron chi connectivity index (χ2n) is 6.62. The summed E-state index contributed by atoms with van der Waals surface area (Å²) in [5.74, 6) is -1.02. The molecule has 9 heteroatoms. The Kier molecular flexibility index (Phi) is 6.12. The number of carbonyl (C=O) groups is 2. The molecule has 8 nitrogen and oxygen atoms in total. The Balaban J connectivity index is 1.63. The van der Waals surface area contributed by atoms with E-state index in [9.17, 15) is 14.7 Å². The summed E-state index contributed by atoms with van der Waals surface area (Å²) in [7, 11) is 0. The predicted molar refractivity (Wildman–Crippen MR) is 100.0 cm³/mol. The number of hydrogen-bond acceptors (Lipinski definition) is 6. The van der Waals surface area contributed by atoms with E-state index in [-0.39, 0.29) is 18.1 Å². The number of thioether (sulfide) groups is 1. The molecular weight excluding hydrogens is 368 g/mol. The third kappa shape index (κ3) is 5.08. The van der Waals surface area contributed by atoms with E-state index in [0.717, 1.165) is 11.3 Å². The van der Waals surface area contributed by atoms with Crippen molar-refractivity contribution >= 4 is 23.6 Å². The lowest BCUT2D eigenvalue weighted by atomic mass is 9.86. The molecule has 1 aliphatic heterocycles. The minimum absolute atomic E-state index is 0.105. The maximum Gasteiger partial charge on any atom is 0.305 e. The van der Waals surface area contributed by atoms with Gasteiger partial charge in [0.15, 0.2) is 5.16 Å². The Hall–Kier alpha value is -2.39. The Morgan fingerprint density at radius 3 is 2.67 bits per heavy atom. The van der Waals surface area contributed by atoms with Gasteiger partial charge in [0.25, 0.3) is 0 Å². The minimum atomic E-state index is -0.927. The summed E-state index contributed by atoms with van der Waals surface area (Å²) in [5, 5.41) is 20.7. The molecule has 1 fully saturated rings. The van der Waals surface area contributed by atoms with Crippen molar-refractivity contribution in [3.63, 3.8) is 0 Å². The number of nitrogens with zero attached hydrogens (tertiary/aromatic N) is 3. The summed E-state index contributed by atoms with van der Waals surface area (Å²) in [6.07, 6.45) is 2.49. The number of nitrogens with one attached hydrogen (secondary N) is 1. The highest BCUT2D eigenvalue weighted by atomic mass is 32.2. The zero-order valence-corrected chi connectivity index (χ0v) is 15.9. The first kappa shape index (κ1) is 19.4. The lowest BCUT2D eigenvalue weighted by molar-refractivity contribution is -0.140. The van der Waals surface area contributed by atoms with Crippen molar-refractivity contribution in [2.45, 2.75) is 36.9 Å². The smallest absolute Gasteiger partial charge is 0.305 e. The van der Waals surface area contributed by atoms with Gasteiger partial charge < -0.3 is 15.2 Å². The van der Waals surface area contributed by atoms with Gasteiger partial charge in [-0.15, -0.1) is 10.2 Å². The molecule has 144 valence electrons. The average molecular weight is 390 g/mol. The first-order chi connectivity index (χ1) is 13.0. The van der Waals surface area contributed by atoms with Crippen LogP contribution in [0.25, 0.3) is 5.69 Å². The molecule has 0 spiro atoms. The first-order valence-corrected chi connectivity index (χ1v) is 9.66. The van der Waals surface area contributed by atoms with Gasteiger partial charge in [0, 0.05) is 18.9 Å². The number of carbonyl (C=O) groups excluding carboxylic acids is 1. The van der Waals surface area contributed by atoms with Crippen LogP contribution in [0.1, 0.15) is 24.8 Å². The van der Waals surface area contributed by atoms with Crippen LogP contribution in [0.4, 0.5) is 0 Å². The monoisotopic (exact) mass is 390 g/mol. The third-order valence-electron chi connectivity index (χ3n) is 4.51. The Morgan fingerprint density at radius 1 is 1.30 bits per heavy atom. The Labute approximate surface area is 161 Å². The fourth-order valence-electron chi connectivity index (χ4n) is 3.06. The van der Waals surface area contributed by atoms with E-state index < -0.39 is 11.5 Å². The number of aliphatic carboxylic acids is 1. The van der Waals surface area contributed by atoms with E-state index in [4.69, 9.17) is 4.74 Å². The van der Waals surface area contributed by atoms with E-state index in [2.05, 4.69) is 15.5 Å². The SMILES string of the molecule is Cc1ccc(-n2cnnc2SCC(=O)NC2(CC(=O)O)CCOCC2)cc1. The molecule has 1 aromatic carbocycles. The first-order valence-electron chi connectivity index (χ1n) is 8.68. The summed E-state index contributed by atoms with van der Waals surface area (Å²) in [6, 6.07) is 7.92. The van der Waals surface area contributed by atoms with E-state index >= 15 is 0 Å². The summed E-state index contributed by atoms with van der Waals surface area (Å²) in [5.41, 5.74) is 1.33. The van der Waals surface area contributed by atoms with Crippen LogP contribution in [0.3, 0.4) is 0 Å². The van der Waals surface area contributed by atoms with Gasteiger partial charge in [-0.2, -0.15) is 0 Å². The van der Waals surface area contributed by atoms with Crippen LogP contribution in [-0.2, 0) is 14.3 Å². The molecule has 1 aromatic heterocycles. The Morgan fingerprint density at radius 2 is 2.00 bits per heavy atom. The van der Waals surface area contributed by atoms with Crippen molar-refractivity contribution in [3.8, 4) is 5.69 Å². The highest BCUT2D eigenvalue weighted by Crippen LogP contribution is 2.26. The summed E-state index contributed by atoms with van der Waals surface area (Å²) in [4.78, 5) is 23.7. The van der Waals surface area contributed by atoms with E-state index in [1.807, 2.05) is 35.8 Å². The lowest BCUT2D eigenvalue weighted by Crippen LogP contribution is -2.53. The van der Waals surface area contributed by atoms with Crippen LogP contribution in [0.15, 0.2) is 35.7 Å². The molecule has 3 rings (SSSR count). The molecule has 2 heterocycles. The van der Waals surface area contributed by atoms with Crippen LogP contribution in [0.2, 0.25) is 0 Å². The number of amides is 1. The summed E-state index contributed by atoms with van der Waals surface area (Å²) >= 11 is 1.27. The maximum atomic E-state index is 12.5. The molecule has 1 saturated heterocycles. The number of rotatable bonds is 7. The van der Waals surface area contributed by atoms with Crippen LogP contribution >= 0.6 is 11.8 Å². The average Bonchev–Trinajstić information content (AvgIpc) is 3.09. The molecule has 0 saturated carbocycles. The molecular formula is C18H22N4O4S. The van der Waals surface area contributed by atoms with Gasteiger partial charge in [-0.25, -0.2) is 0 Å². The zero-order chi connectivity index (χ0) is 19.3. The molecule has 1 aliphatic rings. The summed E-state index contributed by atoms with van der Waals surface area (Å²) < 4.78 is 7.13. The number of aryl methyl sites for hydroxylation is 1. The molecule has 27 heavy (non-hydrogen) atoms. The fourth-order valence-corrected chi connectivity index (χ4v) is 3.79. The van der Waals surface area contributed by atoms with Crippen molar-refractivity contribution < 1.29 is 19.4 Å². The number of benzene rings is 1. The number of ether oxygens (including phenoxy) is 1. The molecule has 0 unspecified atom stereocenters. The molecule has 0 atom stereocenters. The highest BCUT2D eigenvalue weighted by molar-refractivity contribution is 7.99. The molecule has 0 bridgehead atoms. The van der Waals surface area contributed by atoms with E-state index in [0.29, 0.717) is 31.2 Å². The molecule has 0 radical (unpaired) electrons. The topological polar surface area (TPSA) is 106 Å². The third-order valence-corrected chi connectivity index (χ3v) is 5.45. The molecule has 2 N–H and O–H groups in total. The van der Waals surface area contributed by atoms with Crippen LogP contribution < -0.4 is 5.32 Å². The molecule has 0 aliphatic carbocycles. The van der Waals surface area contributed by atoms with Gasteiger partial charge in [0.05, 0.1) is 17.7 Å². The van der Waals surface area contributed by atoms with Gasteiger partial charge >= 0.3 is 5.97 Å². The minimum Gasteiger partial charge on any atom is -0.481 e. The second kappa shape index (κ2) is 8.53. The zero-order valence-electron chi connectivity index (χ0n) is 15.1. The van der Waals surface area contributed by atoms with Gasteiger partial charge in [0.1, 0.15) is 6.33 Å². The van der Waals surface area contributed by atoms with Crippen molar-refractivity contribution in [2.24, 2.45) is 0 Å². The van der Waals surface area contributed by atoms with Crippen molar-refractivity contribution in [1.82, 2.24) is 20.1 Å². The highest BCUT2D eigenvalue weighted by Gasteiger charge is 2.36. The lowest BCUT2D eigenvalue weighted by Gasteiger charge is -2.36. The van der Waals surface area contributed by atoms with Gasteiger partial charge in [-0.3, -0.25) is 14.2 Å². The summed E-state index contributed by atoms with van der Waals surface area (Å²) in [6.45, 7) is 2.91. The largest absolute Gasteiger partial charge is 0.481 e. The van der Waals surface area contributed by atoms with Gasteiger partial charge in [-0.1, -0.05) is 29.5 Å². The number of hydrogen-bond donors (Lipinski definition) is 2. The number of carboxylic acids is 1. The second-order valence-corrected chi connectivity index (χ2v) is 7.56. The van der Waals surface area contributed by atoms with Crippen molar-refractivity contribution in [3.05, 3.63) is 36.2 Å². The van der Waals surface area contributed by atoms with Crippen LogP contribution in [-0.4, -0.2) is 56.3 Å². The quantitative estimate of drug-likeness (QED) is 0.695. The number of carboxylic acid groups (broad SMARTS) is 1. The maximum absolute atomic E-state index is 12.5. The van der Waals surface area contributed by atoms with E-state index in [1.54, 1.807) is 6.33 Å². The Bertz CT molecular complexity index is 800. The fraction of sp³-hybridized carbons (Fsp3) is 0.444. The normalized spacial score (nSPS) is 16.0. The predicted octanol–water partition coefficient (Wildman–Crippen LogP) is 1.81. The van der Waals surface area contributed by atoms with Crippen LogP contribution in [0, 0.1) is 6.92 Å². The van der Waals surface area contributed by atoms with Gasteiger partial charge in [-0.05, 0) is 31.9 Å². The van der Waals surface area contributed by atoms with Crippen molar-refractivity contribution in [1.29, 1.82) is 0 Å². The van der Waals surface area contributed by atoms with Crippen LogP contribution in [0.5, 0.6) is 0 Å². The standard InChI is InChI=1S/C18H22N4O4S/c1-13-2-4-14(5-3-13)22-12-19-21-17(22)27-11-15(23)20-18(10-16(24)25)6-8-26-9-7-18/h2-5,12H,6-11H2,1H3,(H,20,23)(H,24,25). The van der Waals surface area contributed by atoms with Crippen molar-refractivity contribution in [2.75, 3.05) is 19.0 Å². The van der Waals surface area contributed by atoms with Gasteiger partial charge in [0.2, 0.25) is 5.91 Å². The molecule has 2 aromatic rings.